The molecule has 0 saturated heterocycles. The summed E-state index contributed by atoms with van der Waals surface area (Å²) < 4.78 is 23.0. The highest BCUT2D eigenvalue weighted by molar-refractivity contribution is 7.90. The van der Waals surface area contributed by atoms with Crippen LogP contribution in [0.3, 0.4) is 0 Å². The highest BCUT2D eigenvalue weighted by Crippen LogP contribution is 2.11. The molecule has 1 aromatic rings. The Kier molecular flexibility index (Phi) is 10.0. The van der Waals surface area contributed by atoms with Crippen LogP contribution in [0.2, 0.25) is 0 Å². The summed E-state index contributed by atoms with van der Waals surface area (Å²) in [6, 6.07) is 7.05. The fourth-order valence-electron chi connectivity index (χ4n) is 2.58. The van der Waals surface area contributed by atoms with Gasteiger partial charge < -0.3 is 10.2 Å². The van der Waals surface area contributed by atoms with E-state index in [9.17, 15) is 8.42 Å². The quantitative estimate of drug-likeness (QED) is 0.277. The Balaban J connectivity index is 2.53. The van der Waals surface area contributed by atoms with E-state index in [0.717, 1.165) is 43.9 Å². The highest BCUT2D eigenvalue weighted by Gasteiger charge is 2.07. The van der Waals surface area contributed by atoms with Gasteiger partial charge >= 0.3 is 0 Å². The van der Waals surface area contributed by atoms with Gasteiger partial charge in [0.05, 0.1) is 4.90 Å². The number of benzene rings is 1. The molecule has 0 saturated carbocycles. The van der Waals surface area contributed by atoms with E-state index in [4.69, 9.17) is 4.99 Å². The molecule has 0 aliphatic rings. The molecule has 0 bridgehead atoms. The van der Waals surface area contributed by atoms with Crippen molar-refractivity contribution in [2.24, 2.45) is 4.99 Å². The molecule has 0 fully saturated rings. The Morgan fingerprint density at radius 1 is 1.23 bits per heavy atom. The van der Waals surface area contributed by atoms with Gasteiger partial charge in [0.25, 0.3) is 0 Å². The third-order valence-electron chi connectivity index (χ3n) is 4.11. The zero-order valence-electron chi connectivity index (χ0n) is 16.4. The molecular formula is C20H33N3O2S. The number of nitrogens with one attached hydrogen (secondary N) is 1. The zero-order valence-corrected chi connectivity index (χ0v) is 17.2. The monoisotopic (exact) mass is 379 g/mol. The van der Waals surface area contributed by atoms with Crippen LogP contribution in [-0.4, -0.2) is 52.2 Å². The van der Waals surface area contributed by atoms with Crippen LogP contribution in [0.4, 0.5) is 0 Å². The van der Waals surface area contributed by atoms with E-state index >= 15 is 0 Å². The Bertz CT molecular complexity index is 667. The maximum absolute atomic E-state index is 11.5. The van der Waals surface area contributed by atoms with Crippen LogP contribution in [0.1, 0.15) is 38.2 Å². The van der Waals surface area contributed by atoms with E-state index in [1.165, 1.54) is 19.1 Å². The van der Waals surface area contributed by atoms with Gasteiger partial charge in [0.15, 0.2) is 15.8 Å². The summed E-state index contributed by atoms with van der Waals surface area (Å²) in [5, 5.41) is 3.33. The molecule has 0 unspecified atom stereocenters. The van der Waals surface area contributed by atoms with Gasteiger partial charge in [-0.25, -0.2) is 8.42 Å². The van der Waals surface area contributed by atoms with Crippen LogP contribution in [0.15, 0.2) is 46.8 Å². The second-order valence-electron chi connectivity index (χ2n) is 6.46. The standard InChI is InChI=1S/C20H33N3O2S/c1-5-7-8-9-10-17-23(3)20(21-6-2)22-16-15-18-11-13-19(14-12-18)26(4,24)25/h5,11-14H,1,6-10,15-17H2,2-4H3,(H,21,22). The largest absolute Gasteiger partial charge is 0.357 e. The lowest BCUT2D eigenvalue weighted by Crippen LogP contribution is -2.39. The van der Waals surface area contributed by atoms with Crippen molar-refractivity contribution in [3.63, 3.8) is 0 Å². The van der Waals surface area contributed by atoms with Crippen LogP contribution >= 0.6 is 0 Å². The van der Waals surface area contributed by atoms with Gasteiger partial charge in [0, 0.05) is 32.9 Å². The average molecular weight is 380 g/mol. The molecule has 0 aliphatic carbocycles. The first-order valence-corrected chi connectivity index (χ1v) is 11.2. The smallest absolute Gasteiger partial charge is 0.193 e. The van der Waals surface area contributed by atoms with E-state index in [2.05, 4.69) is 30.8 Å². The number of unbranched alkanes of at least 4 members (excludes halogenated alkanes) is 3. The number of sulfone groups is 1. The zero-order chi connectivity index (χ0) is 19.4. The van der Waals surface area contributed by atoms with Crippen LogP contribution in [0, 0.1) is 0 Å². The van der Waals surface area contributed by atoms with Gasteiger partial charge in [0.2, 0.25) is 0 Å². The van der Waals surface area contributed by atoms with E-state index in [1.54, 1.807) is 12.1 Å². The molecule has 0 radical (unpaired) electrons. The van der Waals surface area contributed by atoms with Crippen molar-refractivity contribution in [3.8, 4) is 0 Å². The van der Waals surface area contributed by atoms with E-state index in [0.29, 0.717) is 11.4 Å². The molecule has 1 aromatic carbocycles. The summed E-state index contributed by atoms with van der Waals surface area (Å²) in [4.78, 5) is 7.22. The van der Waals surface area contributed by atoms with Crippen molar-refractivity contribution in [3.05, 3.63) is 42.5 Å². The van der Waals surface area contributed by atoms with Gasteiger partial charge in [-0.3, -0.25) is 4.99 Å². The molecule has 1 N–H and O–H groups in total. The SMILES string of the molecule is C=CCCCCCN(C)C(=NCCc1ccc(S(C)(=O)=O)cc1)NCC. The molecule has 26 heavy (non-hydrogen) atoms. The summed E-state index contributed by atoms with van der Waals surface area (Å²) >= 11 is 0. The van der Waals surface area contributed by atoms with Crippen molar-refractivity contribution < 1.29 is 8.42 Å². The van der Waals surface area contributed by atoms with Gasteiger partial charge in [-0.2, -0.15) is 0 Å². The predicted molar refractivity (Wildman–Crippen MR) is 111 cm³/mol. The lowest BCUT2D eigenvalue weighted by atomic mass is 10.1. The fourth-order valence-corrected chi connectivity index (χ4v) is 3.21. The Hall–Kier alpha value is -1.82. The summed E-state index contributed by atoms with van der Waals surface area (Å²) in [5.41, 5.74) is 1.09. The van der Waals surface area contributed by atoms with Crippen LogP contribution in [0.5, 0.6) is 0 Å². The second-order valence-corrected chi connectivity index (χ2v) is 8.48. The predicted octanol–water partition coefficient (Wildman–Crippen LogP) is 3.28. The number of aliphatic imine (C=N–C) groups is 1. The van der Waals surface area contributed by atoms with Gasteiger partial charge in [-0.1, -0.05) is 24.6 Å². The summed E-state index contributed by atoms with van der Waals surface area (Å²) in [6.45, 7) is 8.30. The number of rotatable bonds is 11. The third-order valence-corrected chi connectivity index (χ3v) is 5.24. The topological polar surface area (TPSA) is 61.8 Å². The minimum atomic E-state index is -3.14. The van der Waals surface area contributed by atoms with E-state index < -0.39 is 9.84 Å². The maximum Gasteiger partial charge on any atom is 0.193 e. The molecule has 0 heterocycles. The second kappa shape index (κ2) is 11.7. The lowest BCUT2D eigenvalue weighted by molar-refractivity contribution is 0.455. The molecule has 1 rings (SSSR count). The number of allylic oxidation sites excluding steroid dienone is 1. The summed E-state index contributed by atoms with van der Waals surface area (Å²) in [7, 11) is -1.07. The molecule has 0 spiro atoms. The molecule has 0 amide bonds. The van der Waals surface area contributed by atoms with Crippen molar-refractivity contribution in [2.45, 2.75) is 43.9 Å². The van der Waals surface area contributed by atoms with Crippen LogP contribution < -0.4 is 5.32 Å². The number of nitrogens with zero attached hydrogens (tertiary/aromatic N) is 2. The summed E-state index contributed by atoms with van der Waals surface area (Å²) in [5.74, 6) is 0.920. The molecule has 5 nitrogen and oxygen atoms in total. The number of hydrogen-bond acceptors (Lipinski definition) is 3. The Morgan fingerprint density at radius 2 is 1.92 bits per heavy atom. The van der Waals surface area contributed by atoms with Crippen LogP contribution in [-0.2, 0) is 16.3 Å². The molecule has 0 aliphatic heterocycles. The van der Waals surface area contributed by atoms with Crippen LogP contribution in [0.25, 0.3) is 0 Å². The van der Waals surface area contributed by atoms with E-state index in [1.807, 2.05) is 18.2 Å². The third kappa shape index (κ3) is 8.52. The molecular weight excluding hydrogens is 346 g/mol. The summed E-state index contributed by atoms with van der Waals surface area (Å²) in [6.07, 6.45) is 8.58. The minimum absolute atomic E-state index is 0.356. The lowest BCUT2D eigenvalue weighted by Gasteiger charge is -2.22. The number of hydrogen-bond donors (Lipinski definition) is 1. The molecule has 146 valence electrons. The molecule has 0 aromatic heterocycles. The van der Waals surface area contributed by atoms with Crippen molar-refractivity contribution in [1.82, 2.24) is 10.2 Å². The van der Waals surface area contributed by atoms with Crippen molar-refractivity contribution >= 4 is 15.8 Å². The fraction of sp³-hybridized carbons (Fsp3) is 0.550. The van der Waals surface area contributed by atoms with Crippen molar-refractivity contribution in [2.75, 3.05) is 32.9 Å². The van der Waals surface area contributed by atoms with Crippen molar-refractivity contribution in [1.29, 1.82) is 0 Å². The first kappa shape index (κ1) is 22.2. The van der Waals surface area contributed by atoms with Gasteiger partial charge in [-0.15, -0.1) is 6.58 Å². The molecule has 6 heteroatoms. The molecule has 0 atom stereocenters. The normalized spacial score (nSPS) is 12.0. The number of guanidine groups is 1. The maximum atomic E-state index is 11.5. The Morgan fingerprint density at radius 3 is 2.50 bits per heavy atom. The highest BCUT2D eigenvalue weighted by atomic mass is 32.2. The average Bonchev–Trinajstić information content (AvgIpc) is 2.60. The Labute approximate surface area is 159 Å². The van der Waals surface area contributed by atoms with Gasteiger partial charge in [0.1, 0.15) is 0 Å². The first-order valence-electron chi connectivity index (χ1n) is 9.27. The minimum Gasteiger partial charge on any atom is -0.357 e. The van der Waals surface area contributed by atoms with E-state index in [-0.39, 0.29) is 0 Å². The van der Waals surface area contributed by atoms with Gasteiger partial charge in [-0.05, 0) is 50.3 Å². The first-order chi connectivity index (χ1) is 12.4.